The number of anilines is 1. The molecule has 0 aliphatic heterocycles. The molecule has 27 heavy (non-hydrogen) atoms. The maximum Gasteiger partial charge on any atom is 0.339 e. The fraction of sp³-hybridized carbons (Fsp3) is 0.136. The van der Waals surface area contributed by atoms with Gasteiger partial charge in [0, 0.05) is 0 Å². The van der Waals surface area contributed by atoms with Crippen molar-refractivity contribution in [3.8, 4) is 16.9 Å². The average molecular weight is 379 g/mol. The van der Waals surface area contributed by atoms with Crippen LogP contribution in [0.3, 0.4) is 0 Å². The molecule has 0 fully saturated rings. The van der Waals surface area contributed by atoms with Gasteiger partial charge in [0.2, 0.25) is 0 Å². The number of rotatable bonds is 6. The number of methoxy groups -OCH3 is 2. The lowest BCUT2D eigenvalue weighted by atomic mass is 10.0. The molecule has 0 saturated carbocycles. The van der Waals surface area contributed by atoms with E-state index in [1.54, 1.807) is 13.2 Å². The lowest BCUT2D eigenvalue weighted by Gasteiger charge is -2.14. The largest absolute Gasteiger partial charge is 0.496 e. The zero-order valence-electron chi connectivity index (χ0n) is 15.5. The Morgan fingerprint density at radius 3 is 2.41 bits per heavy atom. The van der Waals surface area contributed by atoms with Gasteiger partial charge in [0.1, 0.15) is 5.75 Å². The first-order chi connectivity index (χ1) is 13.1. The van der Waals surface area contributed by atoms with Crippen molar-refractivity contribution in [2.75, 3.05) is 18.9 Å². The minimum Gasteiger partial charge on any atom is -0.496 e. The molecule has 0 saturated heterocycles. The Hall–Kier alpha value is -2.92. The molecule has 138 valence electrons. The summed E-state index contributed by atoms with van der Waals surface area (Å²) in [5, 5.41) is 0. The average Bonchev–Trinajstić information content (AvgIpc) is 2.72. The third-order valence-corrected chi connectivity index (χ3v) is 4.98. The minimum atomic E-state index is -0.381. The van der Waals surface area contributed by atoms with Crippen LogP contribution in [0, 0.1) is 6.92 Å². The van der Waals surface area contributed by atoms with Gasteiger partial charge in [-0.15, -0.1) is 0 Å². The summed E-state index contributed by atoms with van der Waals surface area (Å²) in [5.74, 6) is 0.394. The molecule has 0 bridgehead atoms. The Kier molecular flexibility index (Phi) is 6.04. The van der Waals surface area contributed by atoms with Gasteiger partial charge in [-0.05, 0) is 59.8 Å². The molecule has 3 aromatic carbocycles. The quantitative estimate of drug-likeness (QED) is 0.448. The molecule has 1 N–H and O–H groups in total. The topological polar surface area (TPSA) is 47.6 Å². The molecule has 5 heteroatoms. The summed E-state index contributed by atoms with van der Waals surface area (Å²) in [6.07, 6.45) is 0. The number of nitrogens with one attached hydrogen (secondary N) is 1. The van der Waals surface area contributed by atoms with E-state index in [1.165, 1.54) is 19.1 Å². The Balaban J connectivity index is 1.94. The smallest absolute Gasteiger partial charge is 0.339 e. The number of carbonyl (C=O) groups excluding carboxylic acids is 1. The van der Waals surface area contributed by atoms with Crippen LogP contribution in [0.25, 0.3) is 11.1 Å². The summed E-state index contributed by atoms with van der Waals surface area (Å²) in [4.78, 5) is 13.1. The molecule has 0 unspecified atom stereocenters. The van der Waals surface area contributed by atoms with Crippen LogP contribution in [0.15, 0.2) is 71.6 Å². The SMILES string of the molecule is COC(=O)c1ccc(-c2ccccc2)cc1NSc1cc(C)ccc1OC. The molecule has 0 aliphatic carbocycles. The molecule has 0 spiro atoms. The van der Waals surface area contributed by atoms with E-state index in [2.05, 4.69) is 4.72 Å². The summed E-state index contributed by atoms with van der Waals surface area (Å²) in [7, 11) is 3.03. The first kappa shape index (κ1) is 18.9. The Morgan fingerprint density at radius 1 is 0.926 bits per heavy atom. The van der Waals surface area contributed by atoms with E-state index in [9.17, 15) is 4.79 Å². The molecule has 0 radical (unpaired) electrons. The molecule has 4 nitrogen and oxygen atoms in total. The Morgan fingerprint density at radius 2 is 1.70 bits per heavy atom. The molecule has 0 aliphatic rings. The Bertz CT molecular complexity index is 942. The second kappa shape index (κ2) is 8.64. The van der Waals surface area contributed by atoms with E-state index in [0.29, 0.717) is 11.3 Å². The fourth-order valence-electron chi connectivity index (χ4n) is 2.70. The summed E-state index contributed by atoms with van der Waals surface area (Å²) in [6, 6.07) is 21.7. The van der Waals surface area contributed by atoms with E-state index < -0.39 is 0 Å². The van der Waals surface area contributed by atoms with Crippen LogP contribution < -0.4 is 9.46 Å². The van der Waals surface area contributed by atoms with Crippen molar-refractivity contribution in [1.29, 1.82) is 0 Å². The van der Waals surface area contributed by atoms with Crippen LogP contribution in [0.4, 0.5) is 5.69 Å². The van der Waals surface area contributed by atoms with Crippen molar-refractivity contribution in [1.82, 2.24) is 0 Å². The molecule has 0 atom stereocenters. The fourth-order valence-corrected chi connectivity index (χ4v) is 3.59. The molecule has 3 rings (SSSR count). The van der Waals surface area contributed by atoms with E-state index in [4.69, 9.17) is 9.47 Å². The molecule has 3 aromatic rings. The Labute approximate surface area is 163 Å². The molecular formula is C22H21NO3S. The van der Waals surface area contributed by atoms with Gasteiger partial charge in [-0.25, -0.2) is 4.79 Å². The number of ether oxygens (including phenoxy) is 2. The van der Waals surface area contributed by atoms with Crippen molar-refractivity contribution in [3.05, 3.63) is 77.9 Å². The van der Waals surface area contributed by atoms with Crippen LogP contribution >= 0.6 is 11.9 Å². The van der Waals surface area contributed by atoms with Crippen molar-refractivity contribution in [3.63, 3.8) is 0 Å². The highest BCUT2D eigenvalue weighted by Gasteiger charge is 2.14. The first-order valence-electron chi connectivity index (χ1n) is 8.47. The van der Waals surface area contributed by atoms with E-state index in [-0.39, 0.29) is 5.97 Å². The maximum absolute atomic E-state index is 12.2. The van der Waals surface area contributed by atoms with Crippen molar-refractivity contribution in [2.24, 2.45) is 0 Å². The van der Waals surface area contributed by atoms with Crippen molar-refractivity contribution < 1.29 is 14.3 Å². The van der Waals surface area contributed by atoms with Crippen LogP contribution in [-0.4, -0.2) is 20.2 Å². The highest BCUT2D eigenvalue weighted by atomic mass is 32.2. The number of carbonyl (C=O) groups is 1. The third-order valence-electron chi connectivity index (χ3n) is 4.12. The number of aryl methyl sites for hydroxylation is 1. The van der Waals surface area contributed by atoms with Crippen molar-refractivity contribution >= 4 is 23.6 Å². The lowest BCUT2D eigenvalue weighted by molar-refractivity contribution is 0.0602. The zero-order chi connectivity index (χ0) is 19.2. The van der Waals surface area contributed by atoms with Crippen LogP contribution in [0.2, 0.25) is 0 Å². The van der Waals surface area contributed by atoms with Crippen molar-refractivity contribution in [2.45, 2.75) is 11.8 Å². The van der Waals surface area contributed by atoms with Gasteiger partial charge in [0.15, 0.2) is 0 Å². The normalized spacial score (nSPS) is 10.3. The predicted molar refractivity (Wildman–Crippen MR) is 110 cm³/mol. The van der Waals surface area contributed by atoms with Gasteiger partial charge in [0.25, 0.3) is 0 Å². The zero-order valence-corrected chi connectivity index (χ0v) is 16.3. The van der Waals surface area contributed by atoms with Gasteiger partial charge in [-0.1, -0.05) is 42.5 Å². The second-order valence-electron chi connectivity index (χ2n) is 5.98. The lowest BCUT2D eigenvalue weighted by Crippen LogP contribution is -2.05. The van der Waals surface area contributed by atoms with Crippen LogP contribution in [0.5, 0.6) is 5.75 Å². The van der Waals surface area contributed by atoms with Gasteiger partial charge in [0.05, 0.1) is 30.4 Å². The molecule has 0 amide bonds. The van der Waals surface area contributed by atoms with Gasteiger partial charge in [-0.3, -0.25) is 0 Å². The van der Waals surface area contributed by atoms with Gasteiger partial charge >= 0.3 is 5.97 Å². The summed E-state index contributed by atoms with van der Waals surface area (Å²) >= 11 is 1.40. The van der Waals surface area contributed by atoms with Gasteiger partial charge < -0.3 is 14.2 Å². The standard InChI is InChI=1S/C22H21NO3S/c1-15-9-12-20(25-2)21(13-15)27-23-19-14-17(16-7-5-4-6-8-16)10-11-18(19)22(24)26-3/h4-14,23H,1-3H3. The minimum absolute atomic E-state index is 0.381. The summed E-state index contributed by atoms with van der Waals surface area (Å²) in [5.41, 5.74) is 4.40. The third kappa shape index (κ3) is 4.44. The number of hydrogen-bond donors (Lipinski definition) is 1. The van der Waals surface area contributed by atoms with E-state index in [0.717, 1.165) is 27.3 Å². The van der Waals surface area contributed by atoms with Crippen LogP contribution in [0.1, 0.15) is 15.9 Å². The maximum atomic E-state index is 12.2. The van der Waals surface area contributed by atoms with E-state index in [1.807, 2.05) is 67.6 Å². The monoisotopic (exact) mass is 379 g/mol. The number of benzene rings is 3. The van der Waals surface area contributed by atoms with Gasteiger partial charge in [-0.2, -0.15) is 0 Å². The molecule has 0 heterocycles. The van der Waals surface area contributed by atoms with Crippen LogP contribution in [-0.2, 0) is 4.74 Å². The summed E-state index contributed by atoms with van der Waals surface area (Å²) in [6.45, 7) is 2.03. The number of esters is 1. The first-order valence-corrected chi connectivity index (χ1v) is 9.29. The predicted octanol–water partition coefficient (Wildman–Crippen LogP) is 5.58. The molecular weight excluding hydrogens is 358 g/mol. The molecule has 0 aromatic heterocycles. The highest BCUT2D eigenvalue weighted by molar-refractivity contribution is 8.00. The second-order valence-corrected chi connectivity index (χ2v) is 6.82. The highest BCUT2D eigenvalue weighted by Crippen LogP contribution is 2.34. The van der Waals surface area contributed by atoms with E-state index >= 15 is 0 Å². The summed E-state index contributed by atoms with van der Waals surface area (Å²) < 4.78 is 13.6. The number of hydrogen-bond acceptors (Lipinski definition) is 5.